The summed E-state index contributed by atoms with van der Waals surface area (Å²) in [5.74, 6) is 1.34. The number of aliphatic hydroxyl groups excluding tert-OH is 1. The normalized spacial score (nSPS) is 21.6. The van der Waals surface area contributed by atoms with E-state index >= 15 is 0 Å². The average molecular weight is 366 g/mol. The molecule has 5 rings (SSSR count). The third-order valence-electron chi connectivity index (χ3n) is 5.27. The Hall–Kier alpha value is -3.06. The van der Waals surface area contributed by atoms with Gasteiger partial charge in [-0.2, -0.15) is 0 Å². The first kappa shape index (κ1) is 16.1. The first-order valence-electron chi connectivity index (χ1n) is 8.92. The Morgan fingerprint density at radius 3 is 2.89 bits per heavy atom. The summed E-state index contributed by atoms with van der Waals surface area (Å²) in [5.41, 5.74) is 1.64. The zero-order chi connectivity index (χ0) is 18.4. The number of benzene rings is 2. The number of fused-ring (bicyclic) bond motifs is 2. The molecule has 1 amide bonds. The van der Waals surface area contributed by atoms with Gasteiger partial charge in [-0.05, 0) is 36.2 Å². The molecule has 7 heteroatoms. The van der Waals surface area contributed by atoms with Crippen LogP contribution in [0.1, 0.15) is 28.5 Å². The summed E-state index contributed by atoms with van der Waals surface area (Å²) in [5, 5.41) is 15.3. The van der Waals surface area contributed by atoms with Crippen molar-refractivity contribution in [3.05, 3.63) is 53.8 Å². The minimum absolute atomic E-state index is 0.0602. The molecule has 0 bridgehead atoms. The number of hydrogen-bond donors (Lipinski definition) is 1. The number of aromatic nitrogens is 1. The molecule has 2 aliphatic rings. The lowest BCUT2D eigenvalue weighted by Crippen LogP contribution is -2.45. The molecular formula is C20H18N2O5. The van der Waals surface area contributed by atoms with E-state index in [1.54, 1.807) is 11.0 Å². The van der Waals surface area contributed by atoms with Gasteiger partial charge in [-0.1, -0.05) is 23.4 Å². The maximum absolute atomic E-state index is 12.9. The van der Waals surface area contributed by atoms with E-state index in [0.29, 0.717) is 29.6 Å². The quantitative estimate of drug-likeness (QED) is 0.750. The zero-order valence-electron chi connectivity index (χ0n) is 14.5. The van der Waals surface area contributed by atoms with Gasteiger partial charge in [0.2, 0.25) is 12.6 Å². The standard InChI is InChI=1S/C20H18N2O5/c23-16-10-22(20(24)19-14-3-1-2-4-15(14)21-27-19)8-7-13(16)12-5-6-17-18(9-12)26-11-25-17/h1-6,9,13,16,23H,7-8,10-11H2/t13-,16+/m0/s1. The van der Waals surface area contributed by atoms with Gasteiger partial charge in [0.1, 0.15) is 5.52 Å². The van der Waals surface area contributed by atoms with E-state index in [2.05, 4.69) is 5.16 Å². The minimum Gasteiger partial charge on any atom is -0.454 e. The van der Waals surface area contributed by atoms with Crippen molar-refractivity contribution in [3.8, 4) is 11.5 Å². The van der Waals surface area contributed by atoms with Gasteiger partial charge in [-0.3, -0.25) is 4.79 Å². The highest BCUT2D eigenvalue weighted by Gasteiger charge is 2.34. The highest BCUT2D eigenvalue weighted by atomic mass is 16.7. The Balaban J connectivity index is 1.34. The molecule has 0 saturated carbocycles. The van der Waals surface area contributed by atoms with Crippen LogP contribution < -0.4 is 9.47 Å². The fourth-order valence-corrected chi connectivity index (χ4v) is 3.84. The molecule has 1 aromatic heterocycles. The smallest absolute Gasteiger partial charge is 0.293 e. The lowest BCUT2D eigenvalue weighted by atomic mass is 9.86. The summed E-state index contributed by atoms with van der Waals surface area (Å²) in [7, 11) is 0. The second-order valence-electron chi connectivity index (χ2n) is 6.86. The van der Waals surface area contributed by atoms with Gasteiger partial charge in [-0.25, -0.2) is 0 Å². The first-order valence-corrected chi connectivity index (χ1v) is 8.92. The number of β-amino-alcohol motifs (C(OH)–C–C–N with tert-alkyl or cyclic N) is 1. The fraction of sp³-hybridized carbons (Fsp3) is 0.300. The van der Waals surface area contributed by atoms with Crippen molar-refractivity contribution in [2.45, 2.75) is 18.4 Å². The maximum atomic E-state index is 12.9. The third kappa shape index (κ3) is 2.71. The monoisotopic (exact) mass is 366 g/mol. The highest BCUT2D eigenvalue weighted by molar-refractivity contribution is 6.03. The Labute approximate surface area is 155 Å². The molecule has 138 valence electrons. The van der Waals surface area contributed by atoms with E-state index < -0.39 is 6.10 Å². The van der Waals surface area contributed by atoms with Crippen molar-refractivity contribution in [2.75, 3.05) is 19.9 Å². The van der Waals surface area contributed by atoms with Gasteiger partial charge in [0, 0.05) is 19.0 Å². The molecule has 3 aromatic rings. The van der Waals surface area contributed by atoms with Gasteiger partial charge in [0.15, 0.2) is 11.5 Å². The average Bonchev–Trinajstić information content (AvgIpc) is 3.33. The second kappa shape index (κ2) is 6.28. The molecule has 27 heavy (non-hydrogen) atoms. The molecule has 2 atom stereocenters. The SMILES string of the molecule is O=C(c1onc2ccccc12)N1CC[C@@H](c2ccc3c(c2)OCO3)[C@H](O)C1. The molecule has 3 heterocycles. The number of nitrogens with zero attached hydrogens (tertiary/aromatic N) is 2. The molecule has 2 aliphatic heterocycles. The van der Waals surface area contributed by atoms with Crippen LogP contribution in [0.2, 0.25) is 0 Å². The molecular weight excluding hydrogens is 348 g/mol. The van der Waals surface area contributed by atoms with Gasteiger partial charge in [-0.15, -0.1) is 0 Å². The molecule has 2 aromatic carbocycles. The molecule has 1 N–H and O–H groups in total. The molecule has 0 aliphatic carbocycles. The Kier molecular flexibility index (Phi) is 3.75. The molecule has 0 spiro atoms. The molecule has 7 nitrogen and oxygen atoms in total. The predicted molar refractivity (Wildman–Crippen MR) is 95.8 cm³/mol. The van der Waals surface area contributed by atoms with Crippen molar-refractivity contribution in [2.24, 2.45) is 0 Å². The van der Waals surface area contributed by atoms with Crippen LogP contribution in [0.3, 0.4) is 0 Å². The Bertz CT molecular complexity index is 1010. The van der Waals surface area contributed by atoms with E-state index in [0.717, 1.165) is 11.3 Å². The Morgan fingerprint density at radius 2 is 2.00 bits per heavy atom. The van der Waals surface area contributed by atoms with Crippen LogP contribution in [0, 0.1) is 0 Å². The third-order valence-corrected chi connectivity index (χ3v) is 5.27. The topological polar surface area (TPSA) is 85.0 Å². The van der Waals surface area contributed by atoms with Crippen LogP contribution >= 0.6 is 0 Å². The summed E-state index contributed by atoms with van der Waals surface area (Å²) in [6.07, 6.45) is -0.0178. The Morgan fingerprint density at radius 1 is 1.15 bits per heavy atom. The number of rotatable bonds is 2. The van der Waals surface area contributed by atoms with Crippen LogP contribution in [-0.4, -0.2) is 47.1 Å². The predicted octanol–water partition coefficient (Wildman–Crippen LogP) is 2.55. The summed E-state index contributed by atoms with van der Waals surface area (Å²) >= 11 is 0. The van der Waals surface area contributed by atoms with E-state index in [4.69, 9.17) is 14.0 Å². The van der Waals surface area contributed by atoms with Crippen LogP contribution in [0.4, 0.5) is 0 Å². The molecule has 1 fully saturated rings. The zero-order valence-corrected chi connectivity index (χ0v) is 14.5. The van der Waals surface area contributed by atoms with Crippen molar-refractivity contribution >= 4 is 16.8 Å². The number of hydrogen-bond acceptors (Lipinski definition) is 6. The van der Waals surface area contributed by atoms with Crippen LogP contribution in [-0.2, 0) is 0 Å². The molecule has 1 saturated heterocycles. The van der Waals surface area contributed by atoms with Crippen LogP contribution in [0.15, 0.2) is 47.0 Å². The minimum atomic E-state index is -0.669. The summed E-state index contributed by atoms with van der Waals surface area (Å²) in [6.45, 7) is 0.996. The van der Waals surface area contributed by atoms with Gasteiger partial charge < -0.3 is 24.0 Å². The highest BCUT2D eigenvalue weighted by Crippen LogP contribution is 2.37. The van der Waals surface area contributed by atoms with E-state index in [9.17, 15) is 9.90 Å². The lowest BCUT2D eigenvalue weighted by molar-refractivity contribution is 0.0355. The molecule has 0 radical (unpaired) electrons. The maximum Gasteiger partial charge on any atom is 0.293 e. The van der Waals surface area contributed by atoms with Gasteiger partial charge in [0.25, 0.3) is 5.91 Å². The summed E-state index contributed by atoms with van der Waals surface area (Å²) in [4.78, 5) is 14.5. The van der Waals surface area contributed by atoms with E-state index in [1.165, 1.54) is 0 Å². The largest absolute Gasteiger partial charge is 0.454 e. The van der Waals surface area contributed by atoms with Crippen molar-refractivity contribution < 1.29 is 23.9 Å². The van der Waals surface area contributed by atoms with Crippen molar-refractivity contribution in [3.63, 3.8) is 0 Å². The number of carbonyl (C=O) groups is 1. The van der Waals surface area contributed by atoms with Crippen molar-refractivity contribution in [1.82, 2.24) is 10.1 Å². The second-order valence-corrected chi connectivity index (χ2v) is 6.86. The summed E-state index contributed by atoms with van der Waals surface area (Å²) < 4.78 is 16.0. The lowest BCUT2D eigenvalue weighted by Gasteiger charge is -2.35. The number of aliphatic hydroxyl groups is 1. The number of piperidine rings is 1. The number of amides is 1. The number of carbonyl (C=O) groups excluding carboxylic acids is 1. The van der Waals surface area contributed by atoms with Gasteiger partial charge in [0.05, 0.1) is 11.5 Å². The number of ether oxygens (including phenoxy) is 2. The fourth-order valence-electron chi connectivity index (χ4n) is 3.84. The first-order chi connectivity index (χ1) is 13.2. The summed E-state index contributed by atoms with van der Waals surface area (Å²) in [6, 6.07) is 13.0. The van der Waals surface area contributed by atoms with Crippen LogP contribution in [0.5, 0.6) is 11.5 Å². The van der Waals surface area contributed by atoms with Crippen LogP contribution in [0.25, 0.3) is 10.9 Å². The van der Waals surface area contributed by atoms with Crippen molar-refractivity contribution in [1.29, 1.82) is 0 Å². The number of likely N-dealkylation sites (tertiary alicyclic amines) is 1. The molecule has 0 unspecified atom stereocenters. The van der Waals surface area contributed by atoms with Gasteiger partial charge >= 0.3 is 0 Å². The van der Waals surface area contributed by atoms with E-state index in [1.807, 2.05) is 36.4 Å². The van der Waals surface area contributed by atoms with E-state index in [-0.39, 0.29) is 30.9 Å².